The summed E-state index contributed by atoms with van der Waals surface area (Å²) in [5.41, 5.74) is 1.75. The quantitative estimate of drug-likeness (QED) is 0.422. The van der Waals surface area contributed by atoms with E-state index in [-0.39, 0.29) is 25.6 Å². The maximum absolute atomic E-state index is 13.7. The maximum atomic E-state index is 13.7. The van der Waals surface area contributed by atoms with Gasteiger partial charge < -0.3 is 14.6 Å². The topological polar surface area (TPSA) is 60.0 Å². The molecule has 3 rings (SSSR count). The molecule has 188 valence electrons. The van der Waals surface area contributed by atoms with Crippen LogP contribution in [0.4, 0.5) is 13.2 Å². The van der Waals surface area contributed by atoms with Crippen molar-refractivity contribution >= 4 is 0 Å². The molecule has 5 nitrogen and oxygen atoms in total. The van der Waals surface area contributed by atoms with E-state index in [2.05, 4.69) is 5.48 Å². The van der Waals surface area contributed by atoms with E-state index >= 15 is 0 Å². The number of aryl methyl sites for hydroxylation is 1. The summed E-state index contributed by atoms with van der Waals surface area (Å²) in [6.45, 7) is 3.72. The minimum atomic E-state index is -4.50. The molecule has 1 aromatic carbocycles. The molecule has 2 fully saturated rings. The van der Waals surface area contributed by atoms with Gasteiger partial charge in [-0.2, -0.15) is 18.7 Å². The molecule has 0 spiro atoms. The fourth-order valence-electron chi connectivity index (χ4n) is 4.54. The molecule has 1 heterocycles. The van der Waals surface area contributed by atoms with Crippen molar-refractivity contribution in [2.45, 2.75) is 95.6 Å². The summed E-state index contributed by atoms with van der Waals surface area (Å²) in [6.07, 6.45) is 5.56. The number of alkyl halides is 3. The first-order chi connectivity index (χ1) is 15.6. The average Bonchev–Trinajstić information content (AvgIpc) is 2.79. The van der Waals surface area contributed by atoms with Crippen molar-refractivity contribution in [3.63, 3.8) is 0 Å². The van der Waals surface area contributed by atoms with Crippen LogP contribution in [0.15, 0.2) is 18.2 Å². The molecule has 1 saturated carbocycles. The Morgan fingerprint density at radius 3 is 2.55 bits per heavy atom. The number of unbranched alkanes of at least 4 members (excludes halogenated alkanes) is 1. The minimum absolute atomic E-state index is 0.120. The van der Waals surface area contributed by atoms with E-state index in [1.54, 1.807) is 19.9 Å². The Labute approximate surface area is 194 Å². The van der Waals surface area contributed by atoms with Gasteiger partial charge in [-0.1, -0.05) is 44.6 Å². The fourth-order valence-corrected chi connectivity index (χ4v) is 4.54. The minimum Gasteiger partial charge on any atom is -0.493 e. The molecule has 1 unspecified atom stereocenters. The highest BCUT2D eigenvalue weighted by atomic mass is 19.4. The van der Waals surface area contributed by atoms with E-state index in [0.29, 0.717) is 18.4 Å². The lowest BCUT2D eigenvalue weighted by atomic mass is 9.86. The standard InChI is InChI=1S/C25H38F3NO4/c1-23(2)32-18-24(17-30,29-33-23)14-13-20-11-12-22(21(16-20)25(26,27)28)31-15-7-6-10-19-8-4-3-5-9-19/h11-12,16,19,29-30H,3-10,13-15,17-18H2,1-2H3. The van der Waals surface area contributed by atoms with E-state index in [4.69, 9.17) is 14.3 Å². The molecule has 2 N–H and O–H groups in total. The van der Waals surface area contributed by atoms with Crippen LogP contribution in [0.5, 0.6) is 5.75 Å². The largest absolute Gasteiger partial charge is 0.493 e. The third kappa shape index (κ3) is 7.84. The summed E-state index contributed by atoms with van der Waals surface area (Å²) >= 11 is 0. The highest BCUT2D eigenvalue weighted by Crippen LogP contribution is 2.37. The van der Waals surface area contributed by atoms with Crippen molar-refractivity contribution in [2.24, 2.45) is 5.92 Å². The van der Waals surface area contributed by atoms with Gasteiger partial charge in [-0.15, -0.1) is 0 Å². The van der Waals surface area contributed by atoms with Gasteiger partial charge in [0.25, 0.3) is 0 Å². The van der Waals surface area contributed by atoms with Crippen LogP contribution in [-0.2, 0) is 22.2 Å². The summed E-state index contributed by atoms with van der Waals surface area (Å²) in [7, 11) is 0. The molecule has 8 heteroatoms. The monoisotopic (exact) mass is 473 g/mol. The summed E-state index contributed by atoms with van der Waals surface area (Å²) in [6, 6.07) is 4.22. The number of benzene rings is 1. The van der Waals surface area contributed by atoms with Gasteiger partial charge in [-0.05, 0) is 63.1 Å². The third-order valence-corrected chi connectivity index (χ3v) is 6.74. The lowest BCUT2D eigenvalue weighted by Gasteiger charge is -2.42. The van der Waals surface area contributed by atoms with Crippen molar-refractivity contribution in [2.75, 3.05) is 19.8 Å². The zero-order valence-electron chi connectivity index (χ0n) is 19.8. The molecule has 0 bridgehead atoms. The second-order valence-corrected chi connectivity index (χ2v) is 10.0. The van der Waals surface area contributed by atoms with Crippen LogP contribution in [0.1, 0.15) is 82.8 Å². The number of hydrogen-bond acceptors (Lipinski definition) is 5. The molecule has 0 aromatic heterocycles. The zero-order chi connectivity index (χ0) is 24.0. The average molecular weight is 474 g/mol. The summed E-state index contributed by atoms with van der Waals surface area (Å²) in [4.78, 5) is 5.43. The van der Waals surface area contributed by atoms with Crippen molar-refractivity contribution in [1.29, 1.82) is 0 Å². The van der Waals surface area contributed by atoms with Gasteiger partial charge >= 0.3 is 6.18 Å². The molecule has 0 radical (unpaired) electrons. The van der Waals surface area contributed by atoms with Crippen LogP contribution in [0.3, 0.4) is 0 Å². The zero-order valence-corrected chi connectivity index (χ0v) is 19.8. The Kier molecular flexibility index (Phi) is 9.06. The molecule has 1 aliphatic carbocycles. The predicted molar refractivity (Wildman–Crippen MR) is 120 cm³/mol. The van der Waals surface area contributed by atoms with E-state index < -0.39 is 23.1 Å². The molecule has 1 saturated heterocycles. The number of aliphatic hydroxyl groups excluding tert-OH is 1. The Morgan fingerprint density at radius 1 is 1.15 bits per heavy atom. The normalized spacial score (nSPS) is 24.1. The number of aliphatic hydroxyl groups is 1. The van der Waals surface area contributed by atoms with E-state index in [0.717, 1.165) is 31.2 Å². The number of ether oxygens (including phenoxy) is 2. The Balaban J connectivity index is 1.54. The van der Waals surface area contributed by atoms with Gasteiger partial charge in [0, 0.05) is 0 Å². The number of hydrogen-bond donors (Lipinski definition) is 2. The van der Waals surface area contributed by atoms with Gasteiger partial charge in [0.05, 0.1) is 30.9 Å². The second-order valence-electron chi connectivity index (χ2n) is 10.0. The van der Waals surface area contributed by atoms with Gasteiger partial charge in [-0.25, -0.2) is 0 Å². The van der Waals surface area contributed by atoms with Crippen LogP contribution < -0.4 is 10.2 Å². The smallest absolute Gasteiger partial charge is 0.419 e. The summed E-state index contributed by atoms with van der Waals surface area (Å²) < 4.78 is 52.3. The maximum Gasteiger partial charge on any atom is 0.419 e. The molecular weight excluding hydrogens is 435 g/mol. The molecule has 0 amide bonds. The number of nitrogens with one attached hydrogen (secondary N) is 1. The number of rotatable bonds is 10. The SMILES string of the molecule is CC1(C)OCC(CO)(CCc2ccc(OCCCCC3CCCCC3)c(C(F)(F)F)c2)NO1. The Hall–Kier alpha value is -1.35. The van der Waals surface area contributed by atoms with Gasteiger partial charge in [0.2, 0.25) is 0 Å². The molecule has 1 aromatic rings. The van der Waals surface area contributed by atoms with Crippen molar-refractivity contribution < 1.29 is 32.6 Å². The lowest BCUT2D eigenvalue weighted by Crippen LogP contribution is -2.61. The van der Waals surface area contributed by atoms with Crippen LogP contribution in [0.2, 0.25) is 0 Å². The first kappa shape index (κ1) is 26.3. The van der Waals surface area contributed by atoms with Crippen molar-refractivity contribution in [3.8, 4) is 5.75 Å². The number of halogens is 3. The molecule has 1 aliphatic heterocycles. The second kappa shape index (κ2) is 11.4. The molecule has 33 heavy (non-hydrogen) atoms. The fraction of sp³-hybridized carbons (Fsp3) is 0.760. The number of hydroxylamine groups is 1. The first-order valence-electron chi connectivity index (χ1n) is 12.2. The van der Waals surface area contributed by atoms with Crippen molar-refractivity contribution in [1.82, 2.24) is 5.48 Å². The Bertz CT molecular complexity index is 738. The van der Waals surface area contributed by atoms with Crippen molar-refractivity contribution in [3.05, 3.63) is 29.3 Å². The summed E-state index contributed by atoms with van der Waals surface area (Å²) in [5.74, 6) is -0.172. The van der Waals surface area contributed by atoms with E-state index in [9.17, 15) is 18.3 Å². The third-order valence-electron chi connectivity index (χ3n) is 6.74. The molecule has 1 atom stereocenters. The lowest BCUT2D eigenvalue weighted by molar-refractivity contribution is -0.317. The first-order valence-corrected chi connectivity index (χ1v) is 12.2. The molecule has 2 aliphatic rings. The van der Waals surface area contributed by atoms with Crippen LogP contribution >= 0.6 is 0 Å². The Morgan fingerprint density at radius 2 is 1.91 bits per heavy atom. The van der Waals surface area contributed by atoms with Gasteiger partial charge in [0.15, 0.2) is 5.79 Å². The van der Waals surface area contributed by atoms with Crippen LogP contribution in [0.25, 0.3) is 0 Å². The highest BCUT2D eigenvalue weighted by Gasteiger charge is 2.40. The van der Waals surface area contributed by atoms with Crippen LogP contribution in [-0.4, -0.2) is 36.3 Å². The van der Waals surface area contributed by atoms with E-state index in [1.165, 1.54) is 38.2 Å². The van der Waals surface area contributed by atoms with Gasteiger partial charge in [-0.3, -0.25) is 4.84 Å². The van der Waals surface area contributed by atoms with Crippen LogP contribution in [0, 0.1) is 5.92 Å². The molecular formula is C25H38F3NO4. The van der Waals surface area contributed by atoms with Gasteiger partial charge in [0.1, 0.15) is 5.75 Å². The highest BCUT2D eigenvalue weighted by molar-refractivity contribution is 5.39. The summed E-state index contributed by atoms with van der Waals surface area (Å²) in [5, 5.41) is 9.82. The van der Waals surface area contributed by atoms with E-state index in [1.807, 2.05) is 0 Å². The predicted octanol–water partition coefficient (Wildman–Crippen LogP) is 5.79.